The van der Waals surface area contributed by atoms with Gasteiger partial charge in [0, 0.05) is 21.7 Å². The fraction of sp³-hybridized carbons (Fsp3) is 0.0769. The minimum Gasteiger partial charge on any atom is -0.392 e. The lowest BCUT2D eigenvalue weighted by molar-refractivity contribution is 0.281. The number of hydrogen-bond donors (Lipinski definition) is 3. The predicted octanol–water partition coefficient (Wildman–Crippen LogP) is 8.84. The van der Waals surface area contributed by atoms with Gasteiger partial charge in [0.1, 0.15) is 0 Å². The maximum absolute atomic E-state index is 12.9. The van der Waals surface area contributed by atoms with E-state index in [4.69, 9.17) is 5.11 Å². The van der Waals surface area contributed by atoms with Crippen molar-refractivity contribution in [1.29, 1.82) is 0 Å². The predicted molar refractivity (Wildman–Crippen MR) is 210 cm³/mol. The van der Waals surface area contributed by atoms with E-state index in [1.807, 2.05) is 48.5 Å². The Hall–Kier alpha value is -4.30. The molecule has 0 aliphatic heterocycles. The highest BCUT2D eigenvalue weighted by Gasteiger charge is 2.21. The van der Waals surface area contributed by atoms with Crippen LogP contribution in [0.5, 0.6) is 0 Å². The molecule has 12 heteroatoms. The van der Waals surface area contributed by atoms with Crippen LogP contribution in [-0.4, -0.2) is 34.1 Å². The number of sulfonamides is 2. The third-order valence-electron chi connectivity index (χ3n) is 7.85. The average molecular weight is 851 g/mol. The number of rotatable bonds is 10. The normalized spacial score (nSPS) is 11.3. The van der Waals surface area contributed by atoms with E-state index in [-0.39, 0.29) is 23.0 Å². The number of aliphatic hydroxyl groups excluding tert-OH is 2. The van der Waals surface area contributed by atoms with Gasteiger partial charge < -0.3 is 10.2 Å². The van der Waals surface area contributed by atoms with Gasteiger partial charge in [0.15, 0.2) is 0 Å². The number of anilines is 2. The molecular formula is C39H34Br2N2O6S2. The smallest absolute Gasteiger partial charge is 0.264 e. The number of hydrogen-bond acceptors (Lipinski definition) is 6. The lowest BCUT2D eigenvalue weighted by atomic mass is 10.1. The summed E-state index contributed by atoms with van der Waals surface area (Å²) in [6, 6.07) is 42.7. The first kappa shape index (κ1) is 37.9. The average Bonchev–Trinajstić information content (AvgIpc) is 3.15. The van der Waals surface area contributed by atoms with Gasteiger partial charge in [-0.3, -0.25) is 9.03 Å². The molecule has 0 aliphatic rings. The largest absolute Gasteiger partial charge is 0.392 e. The van der Waals surface area contributed by atoms with Gasteiger partial charge in [-0.1, -0.05) is 105 Å². The molecule has 0 atom stereocenters. The molecule has 0 saturated heterocycles. The summed E-state index contributed by atoms with van der Waals surface area (Å²) in [6.45, 7) is -0.277. The molecule has 0 heterocycles. The molecule has 6 aromatic carbocycles. The van der Waals surface area contributed by atoms with Crippen molar-refractivity contribution in [2.75, 3.05) is 16.1 Å². The van der Waals surface area contributed by atoms with E-state index >= 15 is 0 Å². The van der Waals surface area contributed by atoms with E-state index in [1.165, 1.54) is 11.4 Å². The molecule has 8 nitrogen and oxygen atoms in total. The van der Waals surface area contributed by atoms with Crippen LogP contribution >= 0.6 is 31.9 Å². The Labute approximate surface area is 315 Å². The lowest BCUT2D eigenvalue weighted by Crippen LogP contribution is -2.26. The molecule has 0 saturated carbocycles. The van der Waals surface area contributed by atoms with Crippen molar-refractivity contribution < 1.29 is 27.0 Å². The van der Waals surface area contributed by atoms with Crippen LogP contribution < -0.4 is 9.03 Å². The molecule has 0 bridgehead atoms. The van der Waals surface area contributed by atoms with Crippen LogP contribution in [0.15, 0.2) is 164 Å². The van der Waals surface area contributed by atoms with E-state index in [0.717, 1.165) is 31.2 Å². The molecule has 0 radical (unpaired) electrons. The fourth-order valence-corrected chi connectivity index (χ4v) is 7.79. The second-order valence-corrected chi connectivity index (χ2v) is 16.8. The molecule has 51 heavy (non-hydrogen) atoms. The highest BCUT2D eigenvalue weighted by Crippen LogP contribution is 2.28. The monoisotopic (exact) mass is 848 g/mol. The highest BCUT2D eigenvalue weighted by molar-refractivity contribution is 9.10. The summed E-state index contributed by atoms with van der Waals surface area (Å²) in [5, 5.41) is 18.4. The summed E-state index contributed by atoms with van der Waals surface area (Å²) in [6.07, 6.45) is 0. The standard InChI is InChI=1S/C20H18BrNO3S.C19H16BrNO3S/c1-22(19-4-2-3-15(13-19)14-23)26(24,25)20-11-7-17(8-12-20)16-5-9-18(21)10-6-16;20-17-8-4-15(5-9-17)16-6-10-19(11-7-16)25(23,24)21-18-3-1-2-14(12-18)13-22/h2-13,23H,14H2,1H3;1-12,21-22H,13H2. The van der Waals surface area contributed by atoms with Gasteiger partial charge >= 0.3 is 0 Å². The van der Waals surface area contributed by atoms with Crippen LogP contribution in [0.1, 0.15) is 11.1 Å². The van der Waals surface area contributed by atoms with Gasteiger partial charge in [-0.05, 0) is 106 Å². The molecule has 262 valence electrons. The number of nitrogens with zero attached hydrogens (tertiary/aromatic N) is 1. The summed E-state index contributed by atoms with van der Waals surface area (Å²) >= 11 is 6.80. The van der Waals surface area contributed by atoms with E-state index in [1.54, 1.807) is 97.1 Å². The van der Waals surface area contributed by atoms with E-state index in [2.05, 4.69) is 36.6 Å². The Morgan fingerprint density at radius 2 is 0.961 bits per heavy atom. The number of benzene rings is 6. The van der Waals surface area contributed by atoms with Crippen molar-refractivity contribution >= 4 is 63.3 Å². The fourth-order valence-electron chi connectivity index (χ4n) is 5.03. The topological polar surface area (TPSA) is 124 Å². The quantitative estimate of drug-likeness (QED) is 0.127. The second kappa shape index (κ2) is 16.8. The number of nitrogens with one attached hydrogen (secondary N) is 1. The third kappa shape index (κ3) is 9.73. The van der Waals surface area contributed by atoms with Crippen molar-refractivity contribution in [3.63, 3.8) is 0 Å². The maximum atomic E-state index is 12.9. The molecule has 3 N–H and O–H groups in total. The van der Waals surface area contributed by atoms with Crippen LogP contribution in [0.4, 0.5) is 11.4 Å². The van der Waals surface area contributed by atoms with E-state index < -0.39 is 20.0 Å². The lowest BCUT2D eigenvalue weighted by Gasteiger charge is -2.20. The summed E-state index contributed by atoms with van der Waals surface area (Å²) in [4.78, 5) is 0.401. The Bertz CT molecular complexity index is 2300. The van der Waals surface area contributed by atoms with Gasteiger partial charge in [-0.15, -0.1) is 0 Å². The molecule has 0 aromatic heterocycles. The first-order valence-corrected chi connectivity index (χ1v) is 20.0. The van der Waals surface area contributed by atoms with Crippen LogP contribution in [0.2, 0.25) is 0 Å². The molecule has 0 aliphatic carbocycles. The Balaban J connectivity index is 0.000000198. The molecular weight excluding hydrogens is 816 g/mol. The van der Waals surface area contributed by atoms with Crippen molar-refractivity contribution in [3.8, 4) is 22.3 Å². The van der Waals surface area contributed by atoms with Crippen molar-refractivity contribution in [2.45, 2.75) is 23.0 Å². The zero-order valence-electron chi connectivity index (χ0n) is 27.3. The molecule has 0 unspecified atom stereocenters. The Kier molecular flexibility index (Phi) is 12.5. The molecule has 6 aromatic rings. The van der Waals surface area contributed by atoms with Gasteiger partial charge in [-0.25, -0.2) is 16.8 Å². The first-order valence-electron chi connectivity index (χ1n) is 15.5. The third-order valence-corrected chi connectivity index (χ3v) is 12.1. The van der Waals surface area contributed by atoms with Crippen LogP contribution in [0.25, 0.3) is 22.3 Å². The molecule has 0 fully saturated rings. The minimum atomic E-state index is -3.68. The Morgan fingerprint density at radius 3 is 1.43 bits per heavy atom. The highest BCUT2D eigenvalue weighted by atomic mass is 79.9. The first-order chi connectivity index (χ1) is 24.4. The van der Waals surface area contributed by atoms with Gasteiger partial charge in [0.25, 0.3) is 20.0 Å². The SMILES string of the molecule is CN(c1cccc(CO)c1)S(=O)(=O)c1ccc(-c2ccc(Br)cc2)cc1.O=S(=O)(Nc1cccc(CO)c1)c1ccc(-c2ccc(Br)cc2)cc1. The van der Waals surface area contributed by atoms with E-state index in [9.17, 15) is 21.9 Å². The van der Waals surface area contributed by atoms with Gasteiger partial charge in [-0.2, -0.15) is 0 Å². The molecule has 0 amide bonds. The van der Waals surface area contributed by atoms with Crippen molar-refractivity contribution in [1.82, 2.24) is 0 Å². The summed E-state index contributed by atoms with van der Waals surface area (Å²) in [5.74, 6) is 0. The number of aliphatic hydroxyl groups is 2. The number of halogens is 2. The molecule has 6 rings (SSSR count). The van der Waals surface area contributed by atoms with Gasteiger partial charge in [0.2, 0.25) is 0 Å². The van der Waals surface area contributed by atoms with Crippen LogP contribution in [-0.2, 0) is 33.3 Å². The maximum Gasteiger partial charge on any atom is 0.264 e. The minimum absolute atomic E-state index is 0.135. The van der Waals surface area contributed by atoms with Crippen LogP contribution in [0.3, 0.4) is 0 Å². The van der Waals surface area contributed by atoms with Crippen molar-refractivity contribution in [2.24, 2.45) is 0 Å². The zero-order valence-corrected chi connectivity index (χ0v) is 32.1. The Morgan fingerprint density at radius 1 is 0.549 bits per heavy atom. The van der Waals surface area contributed by atoms with E-state index in [0.29, 0.717) is 22.5 Å². The van der Waals surface area contributed by atoms with Gasteiger partial charge in [0.05, 0.1) is 28.7 Å². The van der Waals surface area contributed by atoms with Crippen molar-refractivity contribution in [3.05, 3.63) is 166 Å². The van der Waals surface area contributed by atoms with Crippen LogP contribution in [0, 0.1) is 0 Å². The summed E-state index contributed by atoms with van der Waals surface area (Å²) in [5.41, 5.74) is 6.14. The summed E-state index contributed by atoms with van der Waals surface area (Å²) < 4.78 is 56.5. The zero-order chi connectivity index (χ0) is 36.6. The summed E-state index contributed by atoms with van der Waals surface area (Å²) in [7, 11) is -5.85. The second-order valence-electron chi connectivity index (χ2n) is 11.3. The molecule has 0 spiro atoms.